The second-order valence-corrected chi connectivity index (χ2v) is 4.62. The minimum absolute atomic E-state index is 0.0161. The van der Waals surface area contributed by atoms with Crippen LogP contribution in [-0.4, -0.2) is 47.0 Å². The molecular formula is C13H18N2O3. The highest BCUT2D eigenvalue weighted by molar-refractivity contribution is 6.42. The highest BCUT2D eigenvalue weighted by atomic mass is 16.5. The maximum absolute atomic E-state index is 12.2. The summed E-state index contributed by atoms with van der Waals surface area (Å²) in [7, 11) is 1.76. The van der Waals surface area contributed by atoms with E-state index in [1.165, 1.54) is 0 Å². The predicted octanol–water partition coefficient (Wildman–Crippen LogP) is 0.845. The molecule has 0 spiro atoms. The fourth-order valence-corrected chi connectivity index (χ4v) is 2.13. The minimum atomic E-state index is -0.448. The third-order valence-electron chi connectivity index (χ3n) is 3.11. The Kier molecular flexibility index (Phi) is 3.81. The van der Waals surface area contributed by atoms with Crippen LogP contribution in [0.5, 0.6) is 0 Å². The van der Waals surface area contributed by atoms with Crippen LogP contribution in [0, 0.1) is 0 Å². The number of Topliss-reactive ketones (excluding diaryl/α,β-unsaturated/α-hetero) is 1. The average molecular weight is 250 g/mol. The Bertz CT molecular complexity index is 453. The Morgan fingerprint density at radius 3 is 2.89 bits per heavy atom. The first-order valence-electron chi connectivity index (χ1n) is 6.16. The van der Waals surface area contributed by atoms with Crippen molar-refractivity contribution in [3.8, 4) is 0 Å². The van der Waals surface area contributed by atoms with Crippen LogP contribution in [0.2, 0.25) is 0 Å². The summed E-state index contributed by atoms with van der Waals surface area (Å²) in [6.07, 6.45) is 2.52. The van der Waals surface area contributed by atoms with Crippen LogP contribution in [0.15, 0.2) is 18.3 Å². The number of carbonyl (C=O) groups is 2. The molecule has 0 unspecified atom stereocenters. The van der Waals surface area contributed by atoms with Gasteiger partial charge >= 0.3 is 0 Å². The van der Waals surface area contributed by atoms with E-state index in [2.05, 4.69) is 0 Å². The topological polar surface area (TPSA) is 51.5 Å². The molecule has 0 bridgehead atoms. The molecule has 1 fully saturated rings. The first-order chi connectivity index (χ1) is 8.59. The number of ketones is 1. The average Bonchev–Trinajstić information content (AvgIpc) is 2.65. The molecule has 1 aliphatic rings. The van der Waals surface area contributed by atoms with Crippen LogP contribution in [-0.2, 0) is 16.6 Å². The number of rotatable bonds is 2. The van der Waals surface area contributed by atoms with Crippen molar-refractivity contribution < 1.29 is 14.3 Å². The van der Waals surface area contributed by atoms with Crippen molar-refractivity contribution in [3.63, 3.8) is 0 Å². The van der Waals surface area contributed by atoms with E-state index in [0.29, 0.717) is 25.4 Å². The highest BCUT2D eigenvalue weighted by Gasteiger charge is 2.27. The third-order valence-corrected chi connectivity index (χ3v) is 3.11. The lowest BCUT2D eigenvalue weighted by Gasteiger charge is -2.21. The van der Waals surface area contributed by atoms with Crippen molar-refractivity contribution in [3.05, 3.63) is 24.0 Å². The standard InChI is InChI=1S/C13H18N2O3/c1-10-9-15(7-4-8-18-10)13(17)12(16)11-5-3-6-14(11)2/h3,5-6,10H,4,7-9H2,1-2H3/t10-/m0/s1. The number of ether oxygens (including phenoxy) is 1. The minimum Gasteiger partial charge on any atom is -0.377 e. The van der Waals surface area contributed by atoms with E-state index in [1.54, 1.807) is 34.8 Å². The molecule has 1 aromatic heterocycles. The number of amides is 1. The normalized spacial score (nSPS) is 20.6. The van der Waals surface area contributed by atoms with Gasteiger partial charge in [-0.2, -0.15) is 0 Å². The molecule has 1 amide bonds. The summed E-state index contributed by atoms with van der Waals surface area (Å²) < 4.78 is 7.13. The van der Waals surface area contributed by atoms with Gasteiger partial charge in [0, 0.05) is 32.9 Å². The molecule has 0 aliphatic carbocycles. The van der Waals surface area contributed by atoms with Crippen LogP contribution in [0.4, 0.5) is 0 Å². The monoisotopic (exact) mass is 250 g/mol. The Morgan fingerprint density at radius 1 is 1.44 bits per heavy atom. The zero-order valence-corrected chi connectivity index (χ0v) is 10.8. The summed E-state index contributed by atoms with van der Waals surface area (Å²) in [6.45, 7) is 3.62. The summed E-state index contributed by atoms with van der Waals surface area (Å²) in [5.74, 6) is -0.884. The van der Waals surface area contributed by atoms with Gasteiger partial charge in [-0.3, -0.25) is 9.59 Å². The fraction of sp³-hybridized carbons (Fsp3) is 0.538. The van der Waals surface area contributed by atoms with E-state index in [9.17, 15) is 9.59 Å². The molecule has 18 heavy (non-hydrogen) atoms. The summed E-state index contributed by atoms with van der Waals surface area (Å²) in [6, 6.07) is 3.42. The van der Waals surface area contributed by atoms with Gasteiger partial charge in [0.1, 0.15) is 0 Å². The number of hydrogen-bond donors (Lipinski definition) is 0. The third kappa shape index (κ3) is 2.61. The first-order valence-corrected chi connectivity index (χ1v) is 6.16. The van der Waals surface area contributed by atoms with Crippen LogP contribution in [0.25, 0.3) is 0 Å². The van der Waals surface area contributed by atoms with E-state index in [-0.39, 0.29) is 6.10 Å². The molecule has 0 saturated carbocycles. The molecular weight excluding hydrogens is 232 g/mol. The van der Waals surface area contributed by atoms with Crippen LogP contribution < -0.4 is 0 Å². The molecule has 0 radical (unpaired) electrons. The quantitative estimate of drug-likeness (QED) is 0.577. The lowest BCUT2D eigenvalue weighted by Crippen LogP contribution is -2.40. The molecule has 0 aromatic carbocycles. The zero-order valence-electron chi connectivity index (χ0n) is 10.8. The van der Waals surface area contributed by atoms with E-state index in [4.69, 9.17) is 4.74 Å². The molecule has 1 atom stereocenters. The Balaban J connectivity index is 2.11. The number of aryl methyl sites for hydroxylation is 1. The summed E-state index contributed by atoms with van der Waals surface area (Å²) in [5.41, 5.74) is 0.429. The van der Waals surface area contributed by atoms with Crippen LogP contribution >= 0.6 is 0 Å². The second kappa shape index (κ2) is 5.35. The van der Waals surface area contributed by atoms with Gasteiger partial charge in [0.25, 0.3) is 11.7 Å². The van der Waals surface area contributed by atoms with Gasteiger partial charge in [0.05, 0.1) is 11.8 Å². The number of hydrogen-bond acceptors (Lipinski definition) is 3. The molecule has 2 rings (SSSR count). The van der Waals surface area contributed by atoms with Crippen LogP contribution in [0.3, 0.4) is 0 Å². The van der Waals surface area contributed by atoms with Gasteiger partial charge in [0.2, 0.25) is 0 Å². The van der Waals surface area contributed by atoms with Gasteiger partial charge in [-0.1, -0.05) is 0 Å². The van der Waals surface area contributed by atoms with Crippen molar-refractivity contribution in [2.75, 3.05) is 19.7 Å². The maximum Gasteiger partial charge on any atom is 0.296 e. The lowest BCUT2D eigenvalue weighted by atomic mass is 10.2. The first kappa shape index (κ1) is 12.8. The molecule has 1 aliphatic heterocycles. The van der Waals surface area contributed by atoms with E-state index >= 15 is 0 Å². The molecule has 1 saturated heterocycles. The summed E-state index contributed by atoms with van der Waals surface area (Å²) in [4.78, 5) is 25.8. The van der Waals surface area contributed by atoms with Crippen molar-refractivity contribution in [2.24, 2.45) is 7.05 Å². The Hall–Kier alpha value is -1.62. The van der Waals surface area contributed by atoms with Gasteiger partial charge in [-0.15, -0.1) is 0 Å². The maximum atomic E-state index is 12.2. The number of nitrogens with zero attached hydrogens (tertiary/aromatic N) is 2. The molecule has 2 heterocycles. The Morgan fingerprint density at radius 2 is 2.22 bits per heavy atom. The molecule has 1 aromatic rings. The largest absolute Gasteiger partial charge is 0.377 e. The fourth-order valence-electron chi connectivity index (χ4n) is 2.13. The van der Waals surface area contributed by atoms with Crippen molar-refractivity contribution in [2.45, 2.75) is 19.4 Å². The van der Waals surface area contributed by atoms with E-state index < -0.39 is 11.7 Å². The van der Waals surface area contributed by atoms with E-state index in [0.717, 1.165) is 6.42 Å². The van der Waals surface area contributed by atoms with Crippen LogP contribution in [0.1, 0.15) is 23.8 Å². The summed E-state index contributed by atoms with van der Waals surface area (Å²) >= 11 is 0. The molecule has 5 heteroatoms. The van der Waals surface area contributed by atoms with Gasteiger partial charge in [-0.25, -0.2) is 0 Å². The van der Waals surface area contributed by atoms with Crippen molar-refractivity contribution in [1.82, 2.24) is 9.47 Å². The lowest BCUT2D eigenvalue weighted by molar-refractivity contribution is -0.127. The Labute approximate surface area is 106 Å². The molecule has 5 nitrogen and oxygen atoms in total. The van der Waals surface area contributed by atoms with Crippen molar-refractivity contribution >= 4 is 11.7 Å². The van der Waals surface area contributed by atoms with Crippen molar-refractivity contribution in [1.29, 1.82) is 0 Å². The highest BCUT2D eigenvalue weighted by Crippen LogP contribution is 2.09. The SMILES string of the molecule is C[C@H]1CN(C(=O)C(=O)c2cccn2C)CCCO1. The molecule has 0 N–H and O–H groups in total. The second-order valence-electron chi connectivity index (χ2n) is 4.62. The summed E-state index contributed by atoms with van der Waals surface area (Å²) in [5, 5.41) is 0. The molecule has 98 valence electrons. The number of aromatic nitrogens is 1. The zero-order chi connectivity index (χ0) is 13.1. The van der Waals surface area contributed by atoms with E-state index in [1.807, 2.05) is 6.92 Å². The van der Waals surface area contributed by atoms with Gasteiger partial charge in [0.15, 0.2) is 0 Å². The van der Waals surface area contributed by atoms with Gasteiger partial charge < -0.3 is 14.2 Å². The predicted molar refractivity (Wildman–Crippen MR) is 66.4 cm³/mol. The number of carbonyl (C=O) groups excluding carboxylic acids is 2. The van der Waals surface area contributed by atoms with Gasteiger partial charge in [-0.05, 0) is 25.5 Å². The smallest absolute Gasteiger partial charge is 0.296 e.